The summed E-state index contributed by atoms with van der Waals surface area (Å²) in [6.45, 7) is 2.31. The summed E-state index contributed by atoms with van der Waals surface area (Å²) in [6, 6.07) is 10.8. The van der Waals surface area contributed by atoms with Crippen LogP contribution in [-0.4, -0.2) is 0 Å². The van der Waals surface area contributed by atoms with Crippen molar-refractivity contribution in [3.8, 4) is 0 Å². The maximum atomic E-state index is 2.50. The molecule has 118 valence electrons. The molecule has 1 aromatic carbocycles. The van der Waals surface area contributed by atoms with Crippen LogP contribution in [0.1, 0.15) is 63.9 Å². The van der Waals surface area contributed by atoms with E-state index in [1.807, 2.05) is 0 Å². The zero-order valence-corrected chi connectivity index (χ0v) is 14.0. The Morgan fingerprint density at radius 2 is 1.77 bits per heavy atom. The minimum atomic E-state index is 0.791. The molecule has 0 amide bonds. The van der Waals surface area contributed by atoms with Crippen LogP contribution in [0.25, 0.3) is 5.57 Å². The molecule has 0 spiro atoms. The van der Waals surface area contributed by atoms with Crippen molar-refractivity contribution in [2.45, 2.75) is 58.3 Å². The van der Waals surface area contributed by atoms with Crippen LogP contribution in [0, 0.1) is 17.8 Å². The van der Waals surface area contributed by atoms with Gasteiger partial charge in [-0.15, -0.1) is 0 Å². The summed E-state index contributed by atoms with van der Waals surface area (Å²) < 4.78 is 0. The lowest BCUT2D eigenvalue weighted by Crippen LogP contribution is -2.21. The first-order valence-corrected chi connectivity index (χ1v) is 9.30. The summed E-state index contributed by atoms with van der Waals surface area (Å²) in [4.78, 5) is 0. The van der Waals surface area contributed by atoms with Crippen LogP contribution >= 0.6 is 0 Å². The molecule has 2 aliphatic carbocycles. The summed E-state index contributed by atoms with van der Waals surface area (Å²) in [5.74, 6) is 2.75. The number of hydrogen-bond acceptors (Lipinski definition) is 0. The topological polar surface area (TPSA) is 0 Å². The quantitative estimate of drug-likeness (QED) is 0.571. The van der Waals surface area contributed by atoms with Crippen LogP contribution in [0.3, 0.4) is 0 Å². The predicted octanol–water partition coefficient (Wildman–Crippen LogP) is 6.64. The van der Waals surface area contributed by atoms with E-state index in [-0.39, 0.29) is 0 Å². The van der Waals surface area contributed by atoms with Gasteiger partial charge in [0.25, 0.3) is 0 Å². The first-order chi connectivity index (χ1) is 10.9. The first-order valence-electron chi connectivity index (χ1n) is 9.30. The van der Waals surface area contributed by atoms with Crippen molar-refractivity contribution in [2.24, 2.45) is 17.8 Å². The normalized spacial score (nSPS) is 28.4. The molecule has 1 unspecified atom stereocenters. The van der Waals surface area contributed by atoms with Crippen molar-refractivity contribution in [3.05, 3.63) is 54.1 Å². The average Bonchev–Trinajstić information content (AvgIpc) is 2.61. The highest BCUT2D eigenvalue weighted by atomic mass is 14.3. The van der Waals surface area contributed by atoms with Crippen LogP contribution in [0.15, 0.2) is 48.6 Å². The number of unbranched alkanes of at least 4 members (excludes halogenated alkanes) is 1. The fraction of sp³-hybridized carbons (Fsp3) is 0.545. The Balaban J connectivity index is 1.50. The van der Waals surface area contributed by atoms with E-state index in [4.69, 9.17) is 0 Å². The van der Waals surface area contributed by atoms with Gasteiger partial charge < -0.3 is 0 Å². The van der Waals surface area contributed by atoms with Crippen molar-refractivity contribution in [2.75, 3.05) is 0 Å². The molecule has 3 rings (SSSR count). The smallest absolute Gasteiger partial charge is 0.0167 e. The molecule has 0 radical (unpaired) electrons. The zero-order chi connectivity index (χ0) is 15.2. The lowest BCUT2D eigenvalue weighted by molar-refractivity contribution is 0.219. The van der Waals surface area contributed by atoms with Crippen LogP contribution in [0.5, 0.6) is 0 Å². The van der Waals surface area contributed by atoms with Gasteiger partial charge in [-0.3, -0.25) is 0 Å². The van der Waals surface area contributed by atoms with E-state index in [2.05, 4.69) is 55.5 Å². The Morgan fingerprint density at radius 3 is 2.41 bits per heavy atom. The molecule has 1 aromatic rings. The van der Waals surface area contributed by atoms with Crippen molar-refractivity contribution >= 4 is 5.57 Å². The molecule has 0 bridgehead atoms. The van der Waals surface area contributed by atoms with Crippen LogP contribution in [0.4, 0.5) is 0 Å². The van der Waals surface area contributed by atoms with Crippen LogP contribution in [-0.2, 0) is 0 Å². The molecule has 0 aliphatic heterocycles. The maximum Gasteiger partial charge on any atom is -0.0167 e. The van der Waals surface area contributed by atoms with Gasteiger partial charge in [0.2, 0.25) is 0 Å². The predicted molar refractivity (Wildman–Crippen MR) is 96.6 cm³/mol. The molecule has 0 heterocycles. The van der Waals surface area contributed by atoms with E-state index in [1.165, 1.54) is 62.5 Å². The van der Waals surface area contributed by atoms with Gasteiger partial charge in [-0.25, -0.2) is 0 Å². The van der Waals surface area contributed by atoms with Crippen molar-refractivity contribution in [1.82, 2.24) is 0 Å². The van der Waals surface area contributed by atoms with Gasteiger partial charge in [0.05, 0.1) is 0 Å². The minimum absolute atomic E-state index is 0.791. The zero-order valence-electron chi connectivity index (χ0n) is 14.0. The van der Waals surface area contributed by atoms with Crippen molar-refractivity contribution in [1.29, 1.82) is 0 Å². The highest BCUT2D eigenvalue weighted by molar-refractivity contribution is 5.74. The minimum Gasteiger partial charge on any atom is -0.0802 e. The fourth-order valence-corrected chi connectivity index (χ4v) is 4.23. The molecular weight excluding hydrogens is 264 g/mol. The molecule has 0 N–H and O–H groups in total. The van der Waals surface area contributed by atoms with E-state index in [0.29, 0.717) is 0 Å². The van der Waals surface area contributed by atoms with E-state index in [1.54, 1.807) is 0 Å². The van der Waals surface area contributed by atoms with Gasteiger partial charge in [-0.05, 0) is 48.2 Å². The second-order valence-corrected chi connectivity index (χ2v) is 7.21. The van der Waals surface area contributed by atoms with Crippen LogP contribution in [0.2, 0.25) is 0 Å². The van der Waals surface area contributed by atoms with Gasteiger partial charge >= 0.3 is 0 Å². The van der Waals surface area contributed by atoms with Gasteiger partial charge in [0, 0.05) is 0 Å². The monoisotopic (exact) mass is 294 g/mol. The number of hydrogen-bond donors (Lipinski definition) is 0. The summed E-state index contributed by atoms with van der Waals surface area (Å²) in [5, 5.41) is 0. The Kier molecular flexibility index (Phi) is 5.53. The lowest BCUT2D eigenvalue weighted by atomic mass is 9.72. The van der Waals surface area contributed by atoms with E-state index < -0.39 is 0 Å². The summed E-state index contributed by atoms with van der Waals surface area (Å²) in [7, 11) is 0. The molecule has 1 saturated carbocycles. The van der Waals surface area contributed by atoms with Gasteiger partial charge in [0.1, 0.15) is 0 Å². The first kappa shape index (κ1) is 15.6. The Hall–Kier alpha value is -1.30. The van der Waals surface area contributed by atoms with Gasteiger partial charge in [-0.1, -0.05) is 87.6 Å². The highest BCUT2D eigenvalue weighted by Gasteiger charge is 2.26. The maximum absolute atomic E-state index is 2.50. The third-order valence-corrected chi connectivity index (χ3v) is 5.70. The second-order valence-electron chi connectivity index (χ2n) is 7.21. The van der Waals surface area contributed by atoms with Gasteiger partial charge in [0.15, 0.2) is 0 Å². The highest BCUT2D eigenvalue weighted by Crippen LogP contribution is 2.39. The molecule has 2 aliphatic rings. The number of rotatable bonds is 5. The molecule has 22 heavy (non-hydrogen) atoms. The van der Waals surface area contributed by atoms with E-state index in [9.17, 15) is 0 Å². The largest absolute Gasteiger partial charge is 0.0802 e. The summed E-state index contributed by atoms with van der Waals surface area (Å²) in [6.07, 6.45) is 18.7. The number of benzene rings is 1. The Morgan fingerprint density at radius 1 is 1.00 bits per heavy atom. The third-order valence-electron chi connectivity index (χ3n) is 5.70. The number of allylic oxidation sites excluding steroid dienone is 4. The SMILES string of the molecule is CCCC[C@H]1CC[C@H](C2C=CC(c3ccccc3)=CC2)CC1. The van der Waals surface area contributed by atoms with E-state index in [0.717, 1.165) is 17.8 Å². The van der Waals surface area contributed by atoms with Gasteiger partial charge in [-0.2, -0.15) is 0 Å². The lowest BCUT2D eigenvalue weighted by Gasteiger charge is -2.33. The third kappa shape index (κ3) is 3.91. The molecule has 1 atom stereocenters. The Labute approximate surface area is 136 Å². The second kappa shape index (κ2) is 7.81. The standard InChI is InChI=1S/C22H30/c1-2-3-7-18-10-12-20(13-11-18)22-16-14-21(15-17-22)19-8-5-4-6-9-19/h4-6,8-9,14-16,18,20,22H,2-3,7,10-13,17H2,1H3/t18-,20-,22?. The van der Waals surface area contributed by atoms with Crippen LogP contribution < -0.4 is 0 Å². The fourth-order valence-electron chi connectivity index (χ4n) is 4.23. The van der Waals surface area contributed by atoms with E-state index >= 15 is 0 Å². The van der Waals surface area contributed by atoms with Crippen molar-refractivity contribution in [3.63, 3.8) is 0 Å². The molecule has 0 aromatic heterocycles. The average molecular weight is 294 g/mol. The molecule has 0 saturated heterocycles. The summed E-state index contributed by atoms with van der Waals surface area (Å²) in [5.41, 5.74) is 2.77. The molecular formula is C22H30. The molecule has 1 fully saturated rings. The summed E-state index contributed by atoms with van der Waals surface area (Å²) >= 11 is 0. The Bertz CT molecular complexity index is 500. The molecule has 0 heteroatoms. The molecule has 0 nitrogen and oxygen atoms in total. The van der Waals surface area contributed by atoms with Crippen molar-refractivity contribution < 1.29 is 0 Å².